The Balaban J connectivity index is 0.000000106. The zero-order chi connectivity index (χ0) is 63.4. The van der Waals surface area contributed by atoms with Crippen LogP contribution in [0.5, 0.6) is 0 Å². The molecule has 14 aromatic rings. The van der Waals surface area contributed by atoms with Gasteiger partial charge in [-0.1, -0.05) is 297 Å². The number of benzene rings is 14. The lowest BCUT2D eigenvalue weighted by atomic mass is 9.84. The van der Waals surface area contributed by atoms with Crippen LogP contribution in [-0.2, 0) is 32.1 Å². The molecule has 3 aliphatic rings. The molecule has 0 atom stereocenters. The Morgan fingerprint density at radius 1 is 0.154 bits per heavy atom. The van der Waals surface area contributed by atoms with Gasteiger partial charge in [0.2, 0.25) is 0 Å². The van der Waals surface area contributed by atoms with Crippen molar-refractivity contribution in [3.05, 3.63) is 343 Å². The Morgan fingerprint density at radius 3 is 0.626 bits per heavy atom. The van der Waals surface area contributed by atoms with E-state index < -0.39 is 0 Å². The average Bonchev–Trinajstić information content (AvgIpc) is 1.74. The summed E-state index contributed by atoms with van der Waals surface area (Å²) < 4.78 is 0. The van der Waals surface area contributed by atoms with Crippen molar-refractivity contribution in [2.75, 3.05) is 0 Å². The van der Waals surface area contributed by atoms with Crippen molar-refractivity contribution >= 4 is 53.9 Å². The van der Waals surface area contributed by atoms with Gasteiger partial charge in [0.25, 0.3) is 0 Å². The van der Waals surface area contributed by atoms with Crippen LogP contribution in [-0.4, -0.2) is 0 Å². The third kappa shape index (κ3) is 14.4. The molecule has 0 bridgehead atoms. The Hall–Kier alpha value is -9.62. The van der Waals surface area contributed by atoms with E-state index in [1.165, 1.54) is 213 Å². The number of hydrogen-bond donors (Lipinski definition) is 0. The van der Waals surface area contributed by atoms with Crippen LogP contribution in [0.15, 0.2) is 243 Å². The molecule has 0 fully saturated rings. The molecule has 0 aliphatic heterocycles. The van der Waals surface area contributed by atoms with E-state index >= 15 is 0 Å². The van der Waals surface area contributed by atoms with E-state index in [0.717, 1.165) is 6.42 Å². The zero-order valence-corrected chi connectivity index (χ0v) is 55.6. The Kier molecular flexibility index (Phi) is 18.2. The standard InChI is InChI=1S/2C16H16.2C16H14.C15H14.C12H12/c3*1-11-3-7-15-13(9-11)5-6-14-10-12(2)4-8-16(14)15;1-11-3-5-13-10-16-8-12(2)4-6-14(16)9-15(13)7-11;1-10-3-5-14-12(7-10)9-13-8-11(2)4-6-15(13)14;1-9-3-5-12-8-10(2)4-6-11(12)7-9/h2*3-4,7-10H,5-6H2,1-2H3;2*3-10H,1-2H3;3-8H,9H2,1-2H3;3-8H,1-2H3. The summed E-state index contributed by atoms with van der Waals surface area (Å²) in [5.41, 5.74) is 33.7. The van der Waals surface area contributed by atoms with Gasteiger partial charge in [0, 0.05) is 0 Å². The fourth-order valence-electron chi connectivity index (χ4n) is 13.8. The second kappa shape index (κ2) is 26.8. The summed E-state index contributed by atoms with van der Waals surface area (Å²) in [6.45, 7) is 25.8. The van der Waals surface area contributed by atoms with Crippen molar-refractivity contribution in [2.24, 2.45) is 0 Å². The van der Waals surface area contributed by atoms with Gasteiger partial charge in [-0.05, 0) is 248 Å². The lowest BCUT2D eigenvalue weighted by Gasteiger charge is -2.20. The summed E-state index contributed by atoms with van der Waals surface area (Å²) in [5, 5.41) is 13.3. The molecule has 14 aromatic carbocycles. The molecule has 0 aromatic heterocycles. The predicted octanol–water partition coefficient (Wildman–Crippen LogP) is 24.7. The Morgan fingerprint density at radius 2 is 0.341 bits per heavy atom. The van der Waals surface area contributed by atoms with E-state index in [0.29, 0.717) is 0 Å². The topological polar surface area (TPSA) is 0 Å². The molecule has 0 heterocycles. The molecule has 0 amide bonds. The van der Waals surface area contributed by atoms with Crippen LogP contribution in [0, 0.1) is 83.1 Å². The van der Waals surface area contributed by atoms with Crippen molar-refractivity contribution in [2.45, 2.75) is 115 Å². The van der Waals surface area contributed by atoms with Crippen molar-refractivity contribution in [3.63, 3.8) is 0 Å². The van der Waals surface area contributed by atoms with Crippen molar-refractivity contribution in [1.29, 1.82) is 0 Å². The minimum atomic E-state index is 1.11. The highest BCUT2D eigenvalue weighted by Crippen LogP contribution is 2.39. The lowest BCUT2D eigenvalue weighted by Crippen LogP contribution is -2.04. The molecule has 0 spiro atoms. The van der Waals surface area contributed by atoms with Gasteiger partial charge in [-0.25, -0.2) is 0 Å². The maximum absolute atomic E-state index is 2.33. The Bertz CT molecular complexity index is 4600. The highest BCUT2D eigenvalue weighted by atomic mass is 14.2. The smallest absolute Gasteiger partial charge is 0.00133 e. The van der Waals surface area contributed by atoms with Gasteiger partial charge in [0.1, 0.15) is 0 Å². The van der Waals surface area contributed by atoms with Gasteiger partial charge in [-0.2, -0.15) is 0 Å². The normalized spacial score (nSPS) is 12.0. The van der Waals surface area contributed by atoms with E-state index in [2.05, 4.69) is 326 Å². The maximum Gasteiger partial charge on any atom is -0.00133 e. The van der Waals surface area contributed by atoms with Gasteiger partial charge in [0.15, 0.2) is 0 Å². The zero-order valence-electron chi connectivity index (χ0n) is 55.6. The van der Waals surface area contributed by atoms with Crippen molar-refractivity contribution in [1.82, 2.24) is 0 Å². The number of hydrogen-bond acceptors (Lipinski definition) is 0. The minimum Gasteiger partial charge on any atom is -0.0587 e. The quantitative estimate of drug-likeness (QED) is 0.105. The summed E-state index contributed by atoms with van der Waals surface area (Å²) in [6, 6.07) is 89.4. The van der Waals surface area contributed by atoms with E-state index in [1.54, 1.807) is 0 Å². The molecule has 3 aliphatic carbocycles. The second-order valence-corrected chi connectivity index (χ2v) is 26.6. The van der Waals surface area contributed by atoms with Crippen molar-refractivity contribution < 1.29 is 0 Å². The number of rotatable bonds is 0. The summed E-state index contributed by atoms with van der Waals surface area (Å²) in [6.07, 6.45) is 5.86. The van der Waals surface area contributed by atoms with Gasteiger partial charge in [0.05, 0.1) is 0 Å². The summed E-state index contributed by atoms with van der Waals surface area (Å²) in [7, 11) is 0. The molecular weight excluding hydrogens is 1090 g/mol. The number of aryl methyl sites for hydroxylation is 16. The van der Waals surface area contributed by atoms with E-state index in [4.69, 9.17) is 0 Å². The predicted molar refractivity (Wildman–Crippen MR) is 397 cm³/mol. The molecule has 0 heteroatoms. The highest BCUT2D eigenvalue weighted by molar-refractivity contribution is 6.07. The van der Waals surface area contributed by atoms with Crippen LogP contribution < -0.4 is 0 Å². The van der Waals surface area contributed by atoms with Crippen LogP contribution in [0.4, 0.5) is 0 Å². The van der Waals surface area contributed by atoms with Gasteiger partial charge >= 0.3 is 0 Å². The molecule has 0 saturated heterocycles. The fourth-order valence-corrected chi connectivity index (χ4v) is 13.8. The van der Waals surface area contributed by atoms with Crippen LogP contribution in [0.25, 0.3) is 87.2 Å². The largest absolute Gasteiger partial charge is 0.0587 e. The summed E-state index contributed by atoms with van der Waals surface area (Å²) in [5.74, 6) is 0. The van der Waals surface area contributed by atoms with Crippen LogP contribution in [0.1, 0.15) is 100 Å². The molecule has 0 nitrogen and oxygen atoms in total. The first-order chi connectivity index (χ1) is 43.9. The van der Waals surface area contributed by atoms with E-state index in [1.807, 2.05) is 0 Å². The highest BCUT2D eigenvalue weighted by Gasteiger charge is 2.19. The van der Waals surface area contributed by atoms with Crippen LogP contribution in [0.2, 0.25) is 0 Å². The molecule has 17 rings (SSSR count). The molecule has 0 radical (unpaired) electrons. The molecule has 450 valence electrons. The van der Waals surface area contributed by atoms with Crippen LogP contribution >= 0.6 is 0 Å². The third-order valence-corrected chi connectivity index (χ3v) is 18.5. The molecule has 91 heavy (non-hydrogen) atoms. The molecule has 0 saturated carbocycles. The SMILES string of the molecule is Cc1ccc2c(c1)CCc1cc(C)ccc1-2.Cc1ccc2c(c1)CCc1cc(C)ccc1-2.Cc1ccc2c(c1)Cc1cc(C)ccc1-2.Cc1ccc2c(ccc3cc(C)ccc32)c1.Cc1ccc2cc(C)ccc2c1.Cc1ccc2cc3cc(C)ccc3cc2c1. The van der Waals surface area contributed by atoms with Gasteiger partial charge < -0.3 is 0 Å². The maximum atomic E-state index is 2.33. The minimum absolute atomic E-state index is 1.11. The molecular formula is C91H86. The first-order valence-electron chi connectivity index (χ1n) is 32.8. The lowest BCUT2D eigenvalue weighted by molar-refractivity contribution is 0.937. The molecule has 0 N–H and O–H groups in total. The summed E-state index contributed by atoms with van der Waals surface area (Å²) >= 11 is 0. The van der Waals surface area contributed by atoms with E-state index in [9.17, 15) is 0 Å². The van der Waals surface area contributed by atoms with Crippen LogP contribution in [0.3, 0.4) is 0 Å². The Labute approximate surface area is 542 Å². The van der Waals surface area contributed by atoms with Gasteiger partial charge in [-0.3, -0.25) is 0 Å². The molecule has 0 unspecified atom stereocenters. The first kappa shape index (κ1) is 61.6. The second-order valence-electron chi connectivity index (χ2n) is 26.6. The van der Waals surface area contributed by atoms with Gasteiger partial charge in [-0.15, -0.1) is 0 Å². The van der Waals surface area contributed by atoms with E-state index in [-0.39, 0.29) is 0 Å². The first-order valence-corrected chi connectivity index (χ1v) is 32.8. The average molecular weight is 1180 g/mol. The fraction of sp³-hybridized carbons (Fsp3) is 0.187. The third-order valence-electron chi connectivity index (χ3n) is 18.5. The monoisotopic (exact) mass is 1180 g/mol. The number of fused-ring (bicyclic) bond motifs is 15. The van der Waals surface area contributed by atoms with Crippen molar-refractivity contribution in [3.8, 4) is 33.4 Å². The summed E-state index contributed by atoms with van der Waals surface area (Å²) in [4.78, 5) is 0.